The number of nitrogens with one attached hydrogen (secondary N) is 1. The van der Waals surface area contributed by atoms with Crippen LogP contribution in [0.25, 0.3) is 10.9 Å². The van der Waals surface area contributed by atoms with Crippen LogP contribution in [0.5, 0.6) is 11.5 Å². The number of carbonyl (C=O) groups is 2. The third-order valence-corrected chi connectivity index (χ3v) is 7.52. The highest BCUT2D eigenvalue weighted by atomic mass is 32.2. The number of nitrogens with zero attached hydrogens (tertiary/aromatic N) is 2. The number of methoxy groups -OCH3 is 2. The molecule has 5 rings (SSSR count). The van der Waals surface area contributed by atoms with Crippen LogP contribution in [0.2, 0.25) is 0 Å². The Morgan fingerprint density at radius 2 is 1.70 bits per heavy atom. The van der Waals surface area contributed by atoms with Gasteiger partial charge in [-0.3, -0.25) is 14.6 Å². The van der Waals surface area contributed by atoms with Crippen molar-refractivity contribution in [2.24, 2.45) is 0 Å². The lowest BCUT2D eigenvalue weighted by Crippen LogP contribution is -2.44. The Kier molecular flexibility index (Phi) is 6.76. The van der Waals surface area contributed by atoms with Crippen molar-refractivity contribution in [3.8, 4) is 11.5 Å². The van der Waals surface area contributed by atoms with Crippen molar-refractivity contribution in [1.29, 1.82) is 0 Å². The number of carbonyl (C=O) groups excluding carboxylic acids is 2. The largest absolute Gasteiger partial charge is 0.493 e. The molecule has 3 aromatic carbocycles. The van der Waals surface area contributed by atoms with Crippen LogP contribution >= 0.6 is 11.8 Å². The minimum atomic E-state index is -0.705. The number of aromatic nitrogens is 1. The number of ether oxygens (including phenoxy) is 2. The average molecular weight is 514 g/mol. The predicted molar refractivity (Wildman–Crippen MR) is 146 cm³/mol. The first-order valence-electron chi connectivity index (χ1n) is 11.8. The summed E-state index contributed by atoms with van der Waals surface area (Å²) in [6, 6.07) is 20.5. The molecule has 0 fully saturated rings. The van der Waals surface area contributed by atoms with E-state index in [-0.39, 0.29) is 11.8 Å². The highest BCUT2D eigenvalue weighted by molar-refractivity contribution is 7.98. The molecule has 0 bridgehead atoms. The van der Waals surface area contributed by atoms with Gasteiger partial charge in [0.2, 0.25) is 5.91 Å². The quantitative estimate of drug-likeness (QED) is 0.342. The summed E-state index contributed by atoms with van der Waals surface area (Å²) in [5, 5.41) is 3.98. The first kappa shape index (κ1) is 24.6. The number of para-hydroxylation sites is 1. The van der Waals surface area contributed by atoms with Crippen LogP contribution in [0.4, 0.5) is 5.69 Å². The van der Waals surface area contributed by atoms with E-state index < -0.39 is 12.0 Å². The van der Waals surface area contributed by atoms with Crippen molar-refractivity contribution in [1.82, 2.24) is 9.88 Å². The lowest BCUT2D eigenvalue weighted by molar-refractivity contribution is -0.119. The van der Waals surface area contributed by atoms with Crippen molar-refractivity contribution in [3.63, 3.8) is 0 Å². The topological polar surface area (TPSA) is 80.8 Å². The van der Waals surface area contributed by atoms with E-state index in [2.05, 4.69) is 10.3 Å². The van der Waals surface area contributed by atoms with E-state index in [0.29, 0.717) is 28.3 Å². The Bertz CT molecular complexity index is 1490. The number of pyridine rings is 1. The number of thioether (sulfide) groups is 1. The van der Waals surface area contributed by atoms with Crippen molar-refractivity contribution in [2.45, 2.75) is 16.9 Å². The Morgan fingerprint density at radius 3 is 2.41 bits per heavy atom. The molecule has 188 valence electrons. The summed E-state index contributed by atoms with van der Waals surface area (Å²) in [6.07, 6.45) is 3.66. The van der Waals surface area contributed by atoms with Crippen molar-refractivity contribution >= 4 is 40.2 Å². The molecule has 0 saturated carbocycles. The minimum Gasteiger partial charge on any atom is -0.493 e. The maximum Gasteiger partial charge on any atom is 0.254 e. The highest BCUT2D eigenvalue weighted by Gasteiger charge is 2.43. The van der Waals surface area contributed by atoms with Crippen LogP contribution < -0.4 is 14.8 Å². The van der Waals surface area contributed by atoms with Gasteiger partial charge in [-0.25, -0.2) is 0 Å². The number of rotatable bonds is 6. The van der Waals surface area contributed by atoms with Gasteiger partial charge in [-0.1, -0.05) is 30.3 Å². The SMILES string of the molecule is COc1cc2c(cc1OC)[C@@H](C(=O)Nc1cnc3ccccc3c1)[C@H](c1ccc(SC)cc1)N(C)C2=O. The van der Waals surface area contributed by atoms with Gasteiger partial charge in [0.25, 0.3) is 5.91 Å². The average Bonchev–Trinajstić information content (AvgIpc) is 2.94. The third kappa shape index (κ3) is 4.49. The maximum atomic E-state index is 14.0. The van der Waals surface area contributed by atoms with Gasteiger partial charge in [0, 0.05) is 22.9 Å². The zero-order valence-electron chi connectivity index (χ0n) is 21.0. The van der Waals surface area contributed by atoms with Gasteiger partial charge in [-0.05, 0) is 53.8 Å². The van der Waals surface area contributed by atoms with Crippen LogP contribution in [-0.4, -0.2) is 49.2 Å². The number of hydrogen-bond acceptors (Lipinski definition) is 6. The molecule has 2 amide bonds. The second-order valence-electron chi connectivity index (χ2n) is 8.81. The van der Waals surface area contributed by atoms with Crippen LogP contribution in [-0.2, 0) is 4.79 Å². The van der Waals surface area contributed by atoms with Crippen molar-refractivity contribution in [2.75, 3.05) is 32.8 Å². The molecule has 2 atom stereocenters. The molecule has 0 saturated heterocycles. The van der Waals surface area contributed by atoms with E-state index in [4.69, 9.17) is 9.47 Å². The van der Waals surface area contributed by atoms with E-state index in [0.717, 1.165) is 21.4 Å². The molecule has 0 spiro atoms. The van der Waals surface area contributed by atoms with Gasteiger partial charge in [-0.2, -0.15) is 0 Å². The summed E-state index contributed by atoms with van der Waals surface area (Å²) in [7, 11) is 4.79. The fourth-order valence-electron chi connectivity index (χ4n) is 4.91. The van der Waals surface area contributed by atoms with Crippen LogP contribution in [0.15, 0.2) is 77.8 Å². The third-order valence-electron chi connectivity index (χ3n) is 6.77. The summed E-state index contributed by atoms with van der Waals surface area (Å²) in [6.45, 7) is 0. The summed E-state index contributed by atoms with van der Waals surface area (Å²) in [4.78, 5) is 34.8. The van der Waals surface area contributed by atoms with Gasteiger partial charge >= 0.3 is 0 Å². The Balaban J connectivity index is 1.63. The molecule has 8 heteroatoms. The molecule has 1 aliphatic heterocycles. The number of anilines is 1. The van der Waals surface area contributed by atoms with Crippen LogP contribution in [0, 0.1) is 0 Å². The number of amides is 2. The molecular formula is C29H27N3O4S. The second-order valence-corrected chi connectivity index (χ2v) is 9.69. The fourth-order valence-corrected chi connectivity index (χ4v) is 5.32. The summed E-state index contributed by atoms with van der Waals surface area (Å²) >= 11 is 1.64. The number of fused-ring (bicyclic) bond motifs is 2. The van der Waals surface area contributed by atoms with Crippen LogP contribution in [0.1, 0.15) is 33.4 Å². The summed E-state index contributed by atoms with van der Waals surface area (Å²) in [5.74, 6) is -0.247. The maximum absolute atomic E-state index is 14.0. The Labute approximate surface area is 219 Å². The second kappa shape index (κ2) is 10.1. The molecule has 4 aromatic rings. The fraction of sp³-hybridized carbons (Fsp3) is 0.207. The van der Waals surface area contributed by atoms with E-state index in [1.54, 1.807) is 42.0 Å². The molecule has 0 radical (unpaired) electrons. The van der Waals surface area contributed by atoms with E-state index >= 15 is 0 Å². The summed E-state index contributed by atoms with van der Waals surface area (Å²) in [5.41, 5.74) is 3.30. The van der Waals surface area contributed by atoms with Gasteiger partial charge < -0.3 is 19.7 Å². The zero-order chi connectivity index (χ0) is 26.1. The molecular weight excluding hydrogens is 486 g/mol. The lowest BCUT2D eigenvalue weighted by Gasteiger charge is -2.40. The van der Waals surface area contributed by atoms with Gasteiger partial charge in [0.1, 0.15) is 0 Å². The molecule has 1 aromatic heterocycles. The van der Waals surface area contributed by atoms with Crippen molar-refractivity contribution < 1.29 is 19.1 Å². The first-order valence-corrected chi connectivity index (χ1v) is 13.0. The zero-order valence-corrected chi connectivity index (χ0v) is 21.8. The Morgan fingerprint density at radius 1 is 1.00 bits per heavy atom. The molecule has 0 unspecified atom stereocenters. The highest BCUT2D eigenvalue weighted by Crippen LogP contribution is 2.46. The number of benzene rings is 3. The van der Waals surface area contributed by atoms with Gasteiger partial charge in [-0.15, -0.1) is 11.8 Å². The predicted octanol–water partition coefficient (Wildman–Crippen LogP) is 5.52. The molecule has 1 aliphatic rings. The molecule has 37 heavy (non-hydrogen) atoms. The van der Waals surface area contributed by atoms with E-state index in [1.807, 2.05) is 60.9 Å². The van der Waals surface area contributed by atoms with Gasteiger partial charge in [0.15, 0.2) is 11.5 Å². The molecule has 1 N–H and O–H groups in total. The number of hydrogen-bond donors (Lipinski definition) is 1. The normalized spacial score (nSPS) is 16.9. The summed E-state index contributed by atoms with van der Waals surface area (Å²) < 4.78 is 11.0. The monoisotopic (exact) mass is 513 g/mol. The minimum absolute atomic E-state index is 0.189. The lowest BCUT2D eigenvalue weighted by atomic mass is 9.79. The standard InChI is InChI=1S/C29H27N3O4S/c1-32-27(17-9-11-20(37-4)12-10-17)26(21-14-24(35-2)25(36-3)15-22(21)29(32)34)28(33)31-19-13-18-7-5-6-8-23(18)30-16-19/h5-16,26-27H,1-4H3,(H,31,33)/t26-,27+/m1/s1. The first-order chi connectivity index (χ1) is 17.9. The van der Waals surface area contributed by atoms with Crippen molar-refractivity contribution in [3.05, 3.63) is 89.6 Å². The van der Waals surface area contributed by atoms with E-state index in [1.165, 1.54) is 14.2 Å². The molecule has 0 aliphatic carbocycles. The Hall–Kier alpha value is -4.04. The van der Waals surface area contributed by atoms with Gasteiger partial charge in [0.05, 0.1) is 43.6 Å². The van der Waals surface area contributed by atoms with Crippen LogP contribution in [0.3, 0.4) is 0 Å². The smallest absolute Gasteiger partial charge is 0.254 e. The molecule has 7 nitrogen and oxygen atoms in total. The molecule has 2 heterocycles. The number of likely N-dealkylation sites (N-methyl/N-ethyl adjacent to an activating group) is 1. The van der Waals surface area contributed by atoms with E-state index in [9.17, 15) is 9.59 Å².